The lowest BCUT2D eigenvalue weighted by atomic mass is 10.00. The van der Waals surface area contributed by atoms with Gasteiger partial charge >= 0.3 is 0 Å². The summed E-state index contributed by atoms with van der Waals surface area (Å²) in [7, 11) is 0. The first kappa shape index (κ1) is 12.7. The second-order valence-electron chi connectivity index (χ2n) is 4.43. The topological polar surface area (TPSA) is 26.0 Å². The van der Waals surface area contributed by atoms with E-state index < -0.39 is 11.6 Å². The summed E-state index contributed by atoms with van der Waals surface area (Å²) >= 11 is 0. The van der Waals surface area contributed by atoms with Crippen LogP contribution in [0.5, 0.6) is 0 Å². The van der Waals surface area contributed by atoms with Crippen LogP contribution in [0.3, 0.4) is 0 Å². The molecule has 2 aromatic rings. The van der Waals surface area contributed by atoms with Crippen molar-refractivity contribution in [1.29, 1.82) is 0 Å². The van der Waals surface area contributed by atoms with Crippen LogP contribution in [-0.4, -0.2) is 6.04 Å². The van der Waals surface area contributed by atoms with Gasteiger partial charge in [-0.1, -0.05) is 30.3 Å². The van der Waals surface area contributed by atoms with Crippen LogP contribution in [0.2, 0.25) is 0 Å². The second-order valence-corrected chi connectivity index (χ2v) is 4.43. The van der Waals surface area contributed by atoms with Crippen molar-refractivity contribution in [2.75, 3.05) is 0 Å². The maximum Gasteiger partial charge on any atom is 0.126 e. The fourth-order valence-corrected chi connectivity index (χ4v) is 2.02. The Hall–Kier alpha value is -1.74. The van der Waals surface area contributed by atoms with Gasteiger partial charge < -0.3 is 5.73 Å². The molecule has 1 unspecified atom stereocenters. The van der Waals surface area contributed by atoms with Gasteiger partial charge in [-0.05, 0) is 36.1 Å². The lowest BCUT2D eigenvalue weighted by molar-refractivity contribution is 0.574. The van der Waals surface area contributed by atoms with Crippen molar-refractivity contribution >= 4 is 0 Å². The zero-order valence-corrected chi connectivity index (χ0v) is 9.94. The molecule has 18 heavy (non-hydrogen) atoms. The minimum absolute atomic E-state index is 0.145. The molecule has 0 fully saturated rings. The standard InChI is InChI=1S/C15H15F2N/c16-13-6-12(7-14(17)10-13)9-15(18)8-11-4-2-1-3-5-11/h1-7,10,15H,8-9,18H2. The SMILES string of the molecule is NC(Cc1ccccc1)Cc1cc(F)cc(F)c1. The van der Waals surface area contributed by atoms with Gasteiger partial charge in [0.25, 0.3) is 0 Å². The summed E-state index contributed by atoms with van der Waals surface area (Å²) in [6, 6.07) is 13.2. The van der Waals surface area contributed by atoms with E-state index in [0.717, 1.165) is 11.6 Å². The van der Waals surface area contributed by atoms with E-state index in [-0.39, 0.29) is 6.04 Å². The lowest BCUT2D eigenvalue weighted by Crippen LogP contribution is -2.25. The largest absolute Gasteiger partial charge is 0.327 e. The highest BCUT2D eigenvalue weighted by Crippen LogP contribution is 2.11. The van der Waals surface area contributed by atoms with Crippen molar-refractivity contribution in [3.8, 4) is 0 Å². The monoisotopic (exact) mass is 247 g/mol. The Morgan fingerprint density at radius 2 is 1.39 bits per heavy atom. The predicted molar refractivity (Wildman–Crippen MR) is 68.2 cm³/mol. The first-order chi connectivity index (χ1) is 8.63. The van der Waals surface area contributed by atoms with Crippen LogP contribution < -0.4 is 5.73 Å². The molecule has 2 aromatic carbocycles. The molecule has 0 radical (unpaired) electrons. The molecule has 1 nitrogen and oxygen atoms in total. The summed E-state index contributed by atoms with van der Waals surface area (Å²) in [4.78, 5) is 0. The molecule has 1 atom stereocenters. The highest BCUT2D eigenvalue weighted by molar-refractivity contribution is 5.21. The zero-order chi connectivity index (χ0) is 13.0. The minimum Gasteiger partial charge on any atom is -0.327 e. The van der Waals surface area contributed by atoms with Crippen LogP contribution in [0.25, 0.3) is 0 Å². The average molecular weight is 247 g/mol. The van der Waals surface area contributed by atoms with Gasteiger partial charge in [0, 0.05) is 12.1 Å². The van der Waals surface area contributed by atoms with E-state index in [2.05, 4.69) is 0 Å². The molecule has 2 N–H and O–H groups in total. The fraction of sp³-hybridized carbons (Fsp3) is 0.200. The smallest absolute Gasteiger partial charge is 0.126 e. The van der Waals surface area contributed by atoms with Crippen LogP contribution in [0.4, 0.5) is 8.78 Å². The molecule has 0 saturated carbocycles. The number of halogens is 2. The van der Waals surface area contributed by atoms with E-state index in [9.17, 15) is 8.78 Å². The van der Waals surface area contributed by atoms with Gasteiger partial charge in [0.1, 0.15) is 11.6 Å². The van der Waals surface area contributed by atoms with Gasteiger partial charge in [0.05, 0.1) is 0 Å². The summed E-state index contributed by atoms with van der Waals surface area (Å²) in [6.45, 7) is 0. The third-order valence-electron chi connectivity index (χ3n) is 2.76. The molecule has 0 heterocycles. The first-order valence-electron chi connectivity index (χ1n) is 5.88. The molecule has 0 aliphatic rings. The molecule has 0 amide bonds. The molecule has 0 aromatic heterocycles. The van der Waals surface area contributed by atoms with Crippen LogP contribution in [0.15, 0.2) is 48.5 Å². The summed E-state index contributed by atoms with van der Waals surface area (Å²) in [5, 5.41) is 0. The summed E-state index contributed by atoms with van der Waals surface area (Å²) in [6.07, 6.45) is 1.16. The van der Waals surface area contributed by atoms with Gasteiger partial charge in [-0.2, -0.15) is 0 Å². The Bertz CT molecular complexity index is 491. The maximum atomic E-state index is 13.0. The quantitative estimate of drug-likeness (QED) is 0.882. The molecule has 3 heteroatoms. The number of benzene rings is 2. The van der Waals surface area contributed by atoms with Gasteiger partial charge in [-0.15, -0.1) is 0 Å². The van der Waals surface area contributed by atoms with Gasteiger partial charge in [0.2, 0.25) is 0 Å². The normalized spacial score (nSPS) is 12.4. The van der Waals surface area contributed by atoms with Crippen molar-refractivity contribution in [3.05, 3.63) is 71.3 Å². The van der Waals surface area contributed by atoms with E-state index >= 15 is 0 Å². The number of hydrogen-bond donors (Lipinski definition) is 1. The van der Waals surface area contributed by atoms with E-state index in [4.69, 9.17) is 5.73 Å². The predicted octanol–water partition coefficient (Wildman–Crippen LogP) is 3.08. The Morgan fingerprint density at radius 1 is 0.833 bits per heavy atom. The van der Waals surface area contributed by atoms with Crippen LogP contribution in [0.1, 0.15) is 11.1 Å². The molecule has 0 spiro atoms. The van der Waals surface area contributed by atoms with E-state index in [1.54, 1.807) is 0 Å². The molecule has 0 aliphatic heterocycles. The van der Waals surface area contributed by atoms with E-state index in [1.807, 2.05) is 30.3 Å². The van der Waals surface area contributed by atoms with E-state index in [0.29, 0.717) is 18.4 Å². The highest BCUT2D eigenvalue weighted by Gasteiger charge is 2.07. The summed E-state index contributed by atoms with van der Waals surface area (Å²) in [5.41, 5.74) is 7.71. The number of nitrogens with two attached hydrogens (primary N) is 1. The summed E-state index contributed by atoms with van der Waals surface area (Å²) < 4.78 is 26.0. The van der Waals surface area contributed by atoms with Crippen LogP contribution in [0, 0.1) is 11.6 Å². The van der Waals surface area contributed by atoms with Crippen molar-refractivity contribution in [2.24, 2.45) is 5.73 Å². The van der Waals surface area contributed by atoms with E-state index in [1.165, 1.54) is 12.1 Å². The molecular weight excluding hydrogens is 232 g/mol. The Morgan fingerprint density at radius 3 is 2.00 bits per heavy atom. The molecule has 2 rings (SSSR count). The van der Waals surface area contributed by atoms with Crippen LogP contribution in [-0.2, 0) is 12.8 Å². The minimum atomic E-state index is -0.558. The van der Waals surface area contributed by atoms with Crippen molar-refractivity contribution in [1.82, 2.24) is 0 Å². The Labute approximate surface area is 105 Å². The molecule has 0 bridgehead atoms. The maximum absolute atomic E-state index is 13.0. The van der Waals surface area contributed by atoms with Crippen molar-refractivity contribution in [2.45, 2.75) is 18.9 Å². The fourth-order valence-electron chi connectivity index (χ4n) is 2.02. The van der Waals surface area contributed by atoms with Gasteiger partial charge in [-0.3, -0.25) is 0 Å². The third kappa shape index (κ3) is 3.64. The van der Waals surface area contributed by atoms with Gasteiger partial charge in [-0.25, -0.2) is 8.78 Å². The Kier molecular flexibility index (Phi) is 4.05. The van der Waals surface area contributed by atoms with Crippen LogP contribution >= 0.6 is 0 Å². The zero-order valence-electron chi connectivity index (χ0n) is 9.94. The third-order valence-corrected chi connectivity index (χ3v) is 2.76. The average Bonchev–Trinajstić information content (AvgIpc) is 2.28. The number of hydrogen-bond acceptors (Lipinski definition) is 1. The number of rotatable bonds is 4. The van der Waals surface area contributed by atoms with Crippen molar-refractivity contribution < 1.29 is 8.78 Å². The second kappa shape index (κ2) is 5.74. The van der Waals surface area contributed by atoms with Gasteiger partial charge in [0.15, 0.2) is 0 Å². The highest BCUT2D eigenvalue weighted by atomic mass is 19.1. The Balaban J connectivity index is 2.01. The molecule has 94 valence electrons. The van der Waals surface area contributed by atoms with Crippen molar-refractivity contribution in [3.63, 3.8) is 0 Å². The molecule has 0 saturated heterocycles. The first-order valence-corrected chi connectivity index (χ1v) is 5.88. The molecular formula is C15H15F2N. The lowest BCUT2D eigenvalue weighted by Gasteiger charge is -2.12. The molecule has 0 aliphatic carbocycles. The summed E-state index contributed by atoms with van der Waals surface area (Å²) in [5.74, 6) is -1.12.